The van der Waals surface area contributed by atoms with Crippen molar-refractivity contribution in [3.8, 4) is 0 Å². The van der Waals surface area contributed by atoms with E-state index in [4.69, 9.17) is 4.74 Å². The molecule has 1 N–H and O–H groups in total. The van der Waals surface area contributed by atoms with E-state index in [1.807, 2.05) is 0 Å². The third kappa shape index (κ3) is 4.60. The van der Waals surface area contributed by atoms with E-state index in [0.717, 1.165) is 39.3 Å². The number of rotatable bonds is 5. The normalized spacial score (nSPS) is 19.9. The quantitative estimate of drug-likeness (QED) is 0.875. The Morgan fingerprint density at radius 2 is 2.16 bits per heavy atom. The summed E-state index contributed by atoms with van der Waals surface area (Å²) in [7, 11) is 2.19. The zero-order valence-electron chi connectivity index (χ0n) is 12.4. The first-order chi connectivity index (χ1) is 9.15. The summed E-state index contributed by atoms with van der Waals surface area (Å²) in [5.41, 5.74) is 4.20. The summed E-state index contributed by atoms with van der Waals surface area (Å²) < 4.78 is 5.49. The van der Waals surface area contributed by atoms with Gasteiger partial charge in [-0.3, -0.25) is 0 Å². The van der Waals surface area contributed by atoms with Gasteiger partial charge < -0.3 is 15.0 Å². The third-order valence-corrected chi connectivity index (χ3v) is 3.88. The Labute approximate surface area is 116 Å². The summed E-state index contributed by atoms with van der Waals surface area (Å²) >= 11 is 0. The number of nitrogens with one attached hydrogen (secondary N) is 1. The molecule has 0 aliphatic carbocycles. The van der Waals surface area contributed by atoms with Crippen LogP contribution in [0.4, 0.5) is 0 Å². The van der Waals surface area contributed by atoms with Crippen LogP contribution in [-0.2, 0) is 11.2 Å². The summed E-state index contributed by atoms with van der Waals surface area (Å²) in [6.45, 7) is 9.18. The van der Waals surface area contributed by atoms with Gasteiger partial charge in [-0.25, -0.2) is 0 Å². The van der Waals surface area contributed by atoms with Gasteiger partial charge in [0.05, 0.1) is 13.2 Å². The van der Waals surface area contributed by atoms with Crippen LogP contribution < -0.4 is 5.32 Å². The molecule has 1 saturated heterocycles. The lowest BCUT2D eigenvalue weighted by Crippen LogP contribution is -2.47. The molecule has 1 unspecified atom stereocenters. The number of nitrogens with zero attached hydrogens (tertiary/aromatic N) is 1. The lowest BCUT2D eigenvalue weighted by Gasteiger charge is -2.28. The molecule has 2 rings (SSSR count). The Morgan fingerprint density at radius 3 is 2.84 bits per heavy atom. The molecular weight excluding hydrogens is 236 g/mol. The smallest absolute Gasteiger partial charge is 0.0632 e. The molecule has 1 aliphatic heterocycles. The van der Waals surface area contributed by atoms with Gasteiger partial charge in [0.2, 0.25) is 0 Å². The lowest BCUT2D eigenvalue weighted by molar-refractivity contribution is 0.0655. The number of aryl methyl sites for hydroxylation is 2. The van der Waals surface area contributed by atoms with Crippen molar-refractivity contribution < 1.29 is 4.74 Å². The number of morpholine rings is 1. The predicted octanol–water partition coefficient (Wildman–Crippen LogP) is 1.77. The summed E-state index contributed by atoms with van der Waals surface area (Å²) in [4.78, 5) is 2.39. The van der Waals surface area contributed by atoms with Gasteiger partial charge in [0.15, 0.2) is 0 Å². The topological polar surface area (TPSA) is 24.5 Å². The van der Waals surface area contributed by atoms with E-state index in [0.29, 0.717) is 6.04 Å². The number of likely N-dealkylation sites (N-methyl/N-ethyl adjacent to an activating group) is 1. The lowest BCUT2D eigenvalue weighted by atomic mass is 10.0. The van der Waals surface area contributed by atoms with Gasteiger partial charge in [-0.1, -0.05) is 18.2 Å². The predicted molar refractivity (Wildman–Crippen MR) is 79.7 cm³/mol. The van der Waals surface area contributed by atoms with E-state index in [9.17, 15) is 0 Å². The fraction of sp³-hybridized carbons (Fsp3) is 0.625. The fourth-order valence-corrected chi connectivity index (χ4v) is 2.48. The first kappa shape index (κ1) is 14.5. The van der Waals surface area contributed by atoms with E-state index in [2.05, 4.69) is 49.3 Å². The van der Waals surface area contributed by atoms with E-state index in [1.165, 1.54) is 16.7 Å². The molecule has 19 heavy (non-hydrogen) atoms. The van der Waals surface area contributed by atoms with Gasteiger partial charge in [0.1, 0.15) is 0 Å². The minimum absolute atomic E-state index is 0.485. The molecule has 1 aromatic rings. The van der Waals surface area contributed by atoms with Crippen molar-refractivity contribution in [1.29, 1.82) is 0 Å². The number of hydrogen-bond donors (Lipinski definition) is 1. The second-order valence-corrected chi connectivity index (χ2v) is 5.66. The summed E-state index contributed by atoms with van der Waals surface area (Å²) in [5.74, 6) is 0. The summed E-state index contributed by atoms with van der Waals surface area (Å²) in [6.07, 6.45) is 1.12. The van der Waals surface area contributed by atoms with Crippen LogP contribution in [0.5, 0.6) is 0 Å². The number of ether oxygens (including phenoxy) is 1. The molecular formula is C16H26N2O. The average Bonchev–Trinajstić information content (AvgIpc) is 2.41. The first-order valence-electron chi connectivity index (χ1n) is 7.21. The zero-order chi connectivity index (χ0) is 13.7. The molecule has 3 heteroatoms. The van der Waals surface area contributed by atoms with Crippen molar-refractivity contribution in [2.45, 2.75) is 26.3 Å². The SMILES string of the molecule is Cc1ccc(CCN(C)CC2COCCN2)cc1C. The van der Waals surface area contributed by atoms with Crippen molar-refractivity contribution in [3.05, 3.63) is 34.9 Å². The van der Waals surface area contributed by atoms with Gasteiger partial charge in [-0.15, -0.1) is 0 Å². The molecule has 0 bridgehead atoms. The van der Waals surface area contributed by atoms with Crippen LogP contribution in [0.3, 0.4) is 0 Å². The van der Waals surface area contributed by atoms with Crippen molar-refractivity contribution >= 4 is 0 Å². The maximum Gasteiger partial charge on any atom is 0.0632 e. The average molecular weight is 262 g/mol. The van der Waals surface area contributed by atoms with Crippen LogP contribution in [0.15, 0.2) is 18.2 Å². The fourth-order valence-electron chi connectivity index (χ4n) is 2.48. The summed E-state index contributed by atoms with van der Waals surface area (Å²) in [5, 5.41) is 3.50. The van der Waals surface area contributed by atoms with Gasteiger partial charge in [0.25, 0.3) is 0 Å². The van der Waals surface area contributed by atoms with Gasteiger partial charge in [0, 0.05) is 25.7 Å². The standard InChI is InChI=1S/C16H26N2O/c1-13-4-5-15(10-14(13)2)6-8-18(3)11-16-12-19-9-7-17-16/h4-5,10,16-17H,6-9,11-12H2,1-3H3. The van der Waals surface area contributed by atoms with E-state index < -0.39 is 0 Å². The van der Waals surface area contributed by atoms with Crippen LogP contribution >= 0.6 is 0 Å². The van der Waals surface area contributed by atoms with Gasteiger partial charge in [-0.05, 0) is 44.0 Å². The van der Waals surface area contributed by atoms with Crippen molar-refractivity contribution in [2.75, 3.05) is 39.9 Å². The molecule has 0 aromatic heterocycles. The molecule has 0 amide bonds. The highest BCUT2D eigenvalue weighted by Crippen LogP contribution is 2.10. The maximum absolute atomic E-state index is 5.49. The molecule has 1 atom stereocenters. The highest BCUT2D eigenvalue weighted by molar-refractivity contribution is 5.30. The highest BCUT2D eigenvalue weighted by Gasteiger charge is 2.14. The summed E-state index contributed by atoms with van der Waals surface area (Å²) in [6, 6.07) is 7.27. The number of hydrogen-bond acceptors (Lipinski definition) is 3. The molecule has 3 nitrogen and oxygen atoms in total. The van der Waals surface area contributed by atoms with Crippen LogP contribution in [0, 0.1) is 13.8 Å². The monoisotopic (exact) mass is 262 g/mol. The molecule has 0 saturated carbocycles. The van der Waals surface area contributed by atoms with Crippen LogP contribution in [0.1, 0.15) is 16.7 Å². The first-order valence-corrected chi connectivity index (χ1v) is 7.21. The molecule has 0 spiro atoms. The van der Waals surface area contributed by atoms with E-state index in [1.54, 1.807) is 0 Å². The van der Waals surface area contributed by atoms with Crippen molar-refractivity contribution in [1.82, 2.24) is 10.2 Å². The van der Waals surface area contributed by atoms with Gasteiger partial charge in [-0.2, -0.15) is 0 Å². The Kier molecular flexibility index (Phi) is 5.37. The highest BCUT2D eigenvalue weighted by atomic mass is 16.5. The second-order valence-electron chi connectivity index (χ2n) is 5.66. The Morgan fingerprint density at radius 1 is 1.32 bits per heavy atom. The second kappa shape index (κ2) is 7.04. The Bertz CT molecular complexity index is 400. The molecule has 1 heterocycles. The molecule has 106 valence electrons. The Hall–Kier alpha value is -0.900. The van der Waals surface area contributed by atoms with Crippen molar-refractivity contribution in [2.24, 2.45) is 0 Å². The zero-order valence-corrected chi connectivity index (χ0v) is 12.4. The maximum atomic E-state index is 5.49. The van der Waals surface area contributed by atoms with Crippen LogP contribution in [0.25, 0.3) is 0 Å². The Balaban J connectivity index is 1.75. The van der Waals surface area contributed by atoms with Gasteiger partial charge >= 0.3 is 0 Å². The van der Waals surface area contributed by atoms with E-state index >= 15 is 0 Å². The molecule has 1 aromatic carbocycles. The van der Waals surface area contributed by atoms with Crippen LogP contribution in [0.2, 0.25) is 0 Å². The van der Waals surface area contributed by atoms with Crippen molar-refractivity contribution in [3.63, 3.8) is 0 Å². The third-order valence-electron chi connectivity index (χ3n) is 3.88. The molecule has 1 fully saturated rings. The molecule has 0 radical (unpaired) electrons. The van der Waals surface area contributed by atoms with E-state index in [-0.39, 0.29) is 0 Å². The minimum Gasteiger partial charge on any atom is -0.378 e. The minimum atomic E-state index is 0.485. The van der Waals surface area contributed by atoms with Crippen LogP contribution in [-0.4, -0.2) is 50.8 Å². The molecule has 1 aliphatic rings. The number of benzene rings is 1. The largest absolute Gasteiger partial charge is 0.378 e.